The van der Waals surface area contributed by atoms with E-state index in [1.165, 1.54) is 25.7 Å². The Kier molecular flexibility index (Phi) is 6.52. The minimum atomic E-state index is -0.363. The molecular formula is C13H26N2O2. The lowest BCUT2D eigenvalue weighted by atomic mass is 10.1. The van der Waals surface area contributed by atoms with Crippen LogP contribution in [0.3, 0.4) is 0 Å². The van der Waals surface area contributed by atoms with Gasteiger partial charge >= 0.3 is 0 Å². The Morgan fingerprint density at radius 1 is 1.29 bits per heavy atom. The van der Waals surface area contributed by atoms with E-state index in [1.807, 2.05) is 13.8 Å². The molecule has 0 radical (unpaired) electrons. The van der Waals surface area contributed by atoms with Crippen LogP contribution >= 0.6 is 0 Å². The third-order valence-electron chi connectivity index (χ3n) is 3.18. The highest BCUT2D eigenvalue weighted by Gasteiger charge is 2.19. The van der Waals surface area contributed by atoms with E-state index < -0.39 is 0 Å². The summed E-state index contributed by atoms with van der Waals surface area (Å²) in [6.45, 7) is 4.40. The van der Waals surface area contributed by atoms with Gasteiger partial charge in [-0.2, -0.15) is 0 Å². The summed E-state index contributed by atoms with van der Waals surface area (Å²) in [4.78, 5) is 11.3. The van der Waals surface area contributed by atoms with E-state index in [9.17, 15) is 4.79 Å². The van der Waals surface area contributed by atoms with Crippen molar-refractivity contribution in [3.8, 4) is 0 Å². The number of carbonyl (C=O) groups excluding carboxylic acids is 1. The zero-order valence-corrected chi connectivity index (χ0v) is 11.1. The van der Waals surface area contributed by atoms with Crippen LogP contribution in [-0.4, -0.2) is 30.7 Å². The van der Waals surface area contributed by atoms with Crippen molar-refractivity contribution in [2.45, 2.75) is 70.6 Å². The van der Waals surface area contributed by atoms with Gasteiger partial charge in [-0.15, -0.1) is 0 Å². The summed E-state index contributed by atoms with van der Waals surface area (Å²) >= 11 is 0. The SMILES string of the molecule is CC(C)NC(COC1CCCCCC1)C(N)=O. The normalized spacial score (nSPS) is 20.2. The van der Waals surface area contributed by atoms with Crippen LogP contribution in [-0.2, 0) is 9.53 Å². The number of nitrogens with one attached hydrogen (secondary N) is 1. The first-order chi connectivity index (χ1) is 8.09. The van der Waals surface area contributed by atoms with Crippen molar-refractivity contribution < 1.29 is 9.53 Å². The lowest BCUT2D eigenvalue weighted by Gasteiger charge is -2.22. The summed E-state index contributed by atoms with van der Waals surface area (Å²) in [6.07, 6.45) is 7.65. The lowest BCUT2D eigenvalue weighted by Crippen LogP contribution is -2.48. The van der Waals surface area contributed by atoms with Gasteiger partial charge < -0.3 is 15.8 Å². The van der Waals surface area contributed by atoms with E-state index >= 15 is 0 Å². The maximum absolute atomic E-state index is 11.3. The molecular weight excluding hydrogens is 216 g/mol. The average Bonchev–Trinajstić information content (AvgIpc) is 2.51. The number of rotatable bonds is 6. The van der Waals surface area contributed by atoms with Crippen LogP contribution in [0.1, 0.15) is 52.4 Å². The standard InChI is InChI=1S/C13H26N2O2/c1-10(2)15-12(13(14)16)9-17-11-7-5-3-4-6-8-11/h10-12,15H,3-9H2,1-2H3,(H2,14,16). The molecule has 0 aromatic rings. The summed E-state index contributed by atoms with van der Waals surface area (Å²) in [5.74, 6) is -0.327. The Hall–Kier alpha value is -0.610. The Morgan fingerprint density at radius 2 is 1.88 bits per heavy atom. The topological polar surface area (TPSA) is 64.3 Å². The molecule has 0 aromatic carbocycles. The van der Waals surface area contributed by atoms with Crippen LogP contribution in [0.4, 0.5) is 0 Å². The molecule has 1 saturated carbocycles. The predicted molar refractivity (Wildman–Crippen MR) is 68.7 cm³/mol. The number of amides is 1. The van der Waals surface area contributed by atoms with Crippen molar-refractivity contribution in [1.82, 2.24) is 5.32 Å². The highest BCUT2D eigenvalue weighted by molar-refractivity contribution is 5.80. The van der Waals surface area contributed by atoms with E-state index in [4.69, 9.17) is 10.5 Å². The fourth-order valence-electron chi connectivity index (χ4n) is 2.26. The van der Waals surface area contributed by atoms with E-state index in [2.05, 4.69) is 5.32 Å². The highest BCUT2D eigenvalue weighted by Crippen LogP contribution is 2.19. The molecule has 0 bridgehead atoms. The largest absolute Gasteiger partial charge is 0.376 e. The van der Waals surface area contributed by atoms with Crippen molar-refractivity contribution in [2.24, 2.45) is 5.73 Å². The second-order valence-electron chi connectivity index (χ2n) is 5.22. The molecule has 4 nitrogen and oxygen atoms in total. The van der Waals surface area contributed by atoms with Gasteiger partial charge in [0, 0.05) is 6.04 Å². The molecule has 0 aliphatic heterocycles. The van der Waals surface area contributed by atoms with Crippen LogP contribution in [0.15, 0.2) is 0 Å². The molecule has 1 aliphatic carbocycles. The number of nitrogens with two attached hydrogens (primary N) is 1. The molecule has 0 saturated heterocycles. The van der Waals surface area contributed by atoms with Gasteiger partial charge in [-0.25, -0.2) is 0 Å². The third kappa shape index (κ3) is 6.03. The van der Waals surface area contributed by atoms with Crippen molar-refractivity contribution in [3.63, 3.8) is 0 Å². The van der Waals surface area contributed by atoms with Crippen LogP contribution in [0, 0.1) is 0 Å². The zero-order valence-electron chi connectivity index (χ0n) is 11.1. The minimum absolute atomic E-state index is 0.241. The number of primary amides is 1. The first kappa shape index (κ1) is 14.5. The first-order valence-corrected chi connectivity index (χ1v) is 6.76. The minimum Gasteiger partial charge on any atom is -0.376 e. The molecule has 1 aliphatic rings. The van der Waals surface area contributed by atoms with Gasteiger partial charge in [-0.05, 0) is 12.8 Å². The van der Waals surface area contributed by atoms with E-state index in [-0.39, 0.29) is 18.0 Å². The Bertz CT molecular complexity index is 223. The molecule has 100 valence electrons. The molecule has 1 amide bonds. The summed E-state index contributed by atoms with van der Waals surface area (Å²) in [5.41, 5.74) is 5.35. The van der Waals surface area contributed by atoms with Gasteiger partial charge in [-0.1, -0.05) is 39.5 Å². The predicted octanol–water partition coefficient (Wildman–Crippen LogP) is 1.58. The number of hydrogen-bond acceptors (Lipinski definition) is 3. The van der Waals surface area contributed by atoms with E-state index in [0.717, 1.165) is 12.8 Å². The smallest absolute Gasteiger partial charge is 0.236 e. The number of carbonyl (C=O) groups is 1. The maximum atomic E-state index is 11.3. The Labute approximate surface area is 104 Å². The molecule has 1 fully saturated rings. The molecule has 0 heterocycles. The van der Waals surface area contributed by atoms with Crippen molar-refractivity contribution in [1.29, 1.82) is 0 Å². The van der Waals surface area contributed by atoms with Crippen molar-refractivity contribution in [2.75, 3.05) is 6.61 Å². The monoisotopic (exact) mass is 242 g/mol. The molecule has 17 heavy (non-hydrogen) atoms. The molecule has 0 spiro atoms. The van der Waals surface area contributed by atoms with Gasteiger partial charge in [0.05, 0.1) is 12.7 Å². The van der Waals surface area contributed by atoms with Gasteiger partial charge in [0.25, 0.3) is 0 Å². The van der Waals surface area contributed by atoms with E-state index in [1.54, 1.807) is 0 Å². The van der Waals surface area contributed by atoms with Gasteiger partial charge in [0.15, 0.2) is 0 Å². The average molecular weight is 242 g/mol. The summed E-state index contributed by atoms with van der Waals surface area (Å²) in [7, 11) is 0. The summed E-state index contributed by atoms with van der Waals surface area (Å²) in [6, 6.07) is -0.122. The Balaban J connectivity index is 2.31. The van der Waals surface area contributed by atoms with E-state index in [0.29, 0.717) is 12.7 Å². The van der Waals surface area contributed by atoms with Crippen molar-refractivity contribution in [3.05, 3.63) is 0 Å². The quantitative estimate of drug-likeness (QED) is 0.695. The number of hydrogen-bond donors (Lipinski definition) is 2. The molecule has 4 heteroatoms. The highest BCUT2D eigenvalue weighted by atomic mass is 16.5. The second-order valence-corrected chi connectivity index (χ2v) is 5.22. The van der Waals surface area contributed by atoms with Crippen LogP contribution in [0.25, 0.3) is 0 Å². The second kappa shape index (κ2) is 7.67. The lowest BCUT2D eigenvalue weighted by molar-refractivity contribution is -0.122. The molecule has 1 rings (SSSR count). The van der Waals surface area contributed by atoms with Gasteiger partial charge in [0.2, 0.25) is 5.91 Å². The fourth-order valence-corrected chi connectivity index (χ4v) is 2.26. The number of ether oxygens (including phenoxy) is 1. The summed E-state index contributed by atoms with van der Waals surface area (Å²) < 4.78 is 5.82. The van der Waals surface area contributed by atoms with Crippen LogP contribution < -0.4 is 11.1 Å². The molecule has 3 N–H and O–H groups in total. The zero-order chi connectivity index (χ0) is 12.7. The maximum Gasteiger partial charge on any atom is 0.236 e. The van der Waals surface area contributed by atoms with Gasteiger partial charge in [-0.3, -0.25) is 4.79 Å². The molecule has 1 unspecified atom stereocenters. The first-order valence-electron chi connectivity index (χ1n) is 6.76. The van der Waals surface area contributed by atoms with Crippen LogP contribution in [0.5, 0.6) is 0 Å². The summed E-state index contributed by atoms with van der Waals surface area (Å²) in [5, 5.41) is 3.13. The Morgan fingerprint density at radius 3 is 2.35 bits per heavy atom. The fraction of sp³-hybridized carbons (Fsp3) is 0.923. The van der Waals surface area contributed by atoms with Gasteiger partial charge in [0.1, 0.15) is 6.04 Å². The third-order valence-corrected chi connectivity index (χ3v) is 3.18. The molecule has 1 atom stereocenters. The van der Waals surface area contributed by atoms with Crippen LogP contribution in [0.2, 0.25) is 0 Å². The van der Waals surface area contributed by atoms with Crippen molar-refractivity contribution >= 4 is 5.91 Å². The molecule has 0 aromatic heterocycles.